The third-order valence-electron chi connectivity index (χ3n) is 3.97. The summed E-state index contributed by atoms with van der Waals surface area (Å²) in [5.74, 6) is 0.453. The maximum absolute atomic E-state index is 12.6. The zero-order valence-electron chi connectivity index (χ0n) is 15.1. The lowest BCUT2D eigenvalue weighted by Gasteiger charge is -2.08. The number of rotatable bonds is 6. The molecule has 0 radical (unpaired) electrons. The number of thiazole rings is 2. The first-order chi connectivity index (χ1) is 13.7. The number of ether oxygens (including phenoxy) is 1. The van der Waals surface area contributed by atoms with Gasteiger partial charge in [0.05, 0.1) is 10.7 Å². The van der Waals surface area contributed by atoms with E-state index in [-0.39, 0.29) is 5.91 Å². The van der Waals surface area contributed by atoms with Crippen LogP contribution in [0.4, 0.5) is 5.69 Å². The summed E-state index contributed by atoms with van der Waals surface area (Å²) in [5, 5.41) is 8.79. The molecule has 0 aliphatic heterocycles. The first kappa shape index (κ1) is 18.3. The molecule has 0 aliphatic rings. The molecular formula is C21H17N3O2S2. The van der Waals surface area contributed by atoms with Gasteiger partial charge in [0.2, 0.25) is 0 Å². The van der Waals surface area contributed by atoms with Crippen molar-refractivity contribution in [3.8, 4) is 16.3 Å². The van der Waals surface area contributed by atoms with Gasteiger partial charge in [-0.3, -0.25) is 4.79 Å². The van der Waals surface area contributed by atoms with E-state index in [1.165, 1.54) is 0 Å². The average Bonchev–Trinajstić information content (AvgIpc) is 3.39. The van der Waals surface area contributed by atoms with Gasteiger partial charge < -0.3 is 10.1 Å². The van der Waals surface area contributed by atoms with E-state index in [4.69, 9.17) is 4.74 Å². The highest BCUT2D eigenvalue weighted by molar-refractivity contribution is 7.13. The van der Waals surface area contributed by atoms with Crippen molar-refractivity contribution < 1.29 is 9.53 Å². The van der Waals surface area contributed by atoms with Gasteiger partial charge in [0.15, 0.2) is 0 Å². The molecule has 1 N–H and O–H groups in total. The minimum Gasteiger partial charge on any atom is -0.487 e. The third-order valence-corrected chi connectivity index (χ3v) is 5.62. The summed E-state index contributed by atoms with van der Waals surface area (Å²) in [4.78, 5) is 21.2. The molecule has 1 amide bonds. The van der Waals surface area contributed by atoms with Gasteiger partial charge in [-0.15, -0.1) is 22.7 Å². The van der Waals surface area contributed by atoms with Crippen LogP contribution >= 0.6 is 22.7 Å². The number of anilines is 1. The molecule has 140 valence electrons. The largest absolute Gasteiger partial charge is 0.487 e. The zero-order valence-corrected chi connectivity index (χ0v) is 16.7. The molecule has 0 saturated heterocycles. The number of carbonyl (C=O) groups excluding carboxylic acids is 1. The maximum Gasteiger partial charge on any atom is 0.255 e. The molecule has 7 heteroatoms. The van der Waals surface area contributed by atoms with Crippen LogP contribution < -0.4 is 10.1 Å². The number of aryl methyl sites for hydroxylation is 1. The quantitative estimate of drug-likeness (QED) is 0.464. The first-order valence-electron chi connectivity index (χ1n) is 8.62. The third kappa shape index (κ3) is 4.44. The fraction of sp³-hybridized carbons (Fsp3) is 0.0952. The Morgan fingerprint density at radius 3 is 2.71 bits per heavy atom. The van der Waals surface area contributed by atoms with Crippen molar-refractivity contribution in [2.75, 3.05) is 5.32 Å². The summed E-state index contributed by atoms with van der Waals surface area (Å²) in [5.41, 5.74) is 3.18. The molecule has 0 spiro atoms. The minimum absolute atomic E-state index is 0.183. The van der Waals surface area contributed by atoms with E-state index in [1.807, 2.05) is 54.1 Å². The Morgan fingerprint density at radius 2 is 2.00 bits per heavy atom. The van der Waals surface area contributed by atoms with Crippen molar-refractivity contribution >= 4 is 34.3 Å². The van der Waals surface area contributed by atoms with Gasteiger partial charge in [-0.05, 0) is 49.4 Å². The van der Waals surface area contributed by atoms with Crippen LogP contribution in [0.25, 0.3) is 10.6 Å². The monoisotopic (exact) mass is 407 g/mol. The van der Waals surface area contributed by atoms with E-state index in [9.17, 15) is 4.79 Å². The smallest absolute Gasteiger partial charge is 0.255 e. The van der Waals surface area contributed by atoms with Crippen LogP contribution in [0.5, 0.6) is 5.75 Å². The Balaban J connectivity index is 1.40. The Morgan fingerprint density at radius 1 is 1.14 bits per heavy atom. The summed E-state index contributed by atoms with van der Waals surface area (Å²) in [6.07, 6.45) is 1.78. The highest BCUT2D eigenvalue weighted by Gasteiger charge is 2.09. The Kier molecular flexibility index (Phi) is 5.45. The summed E-state index contributed by atoms with van der Waals surface area (Å²) in [7, 11) is 0. The molecule has 2 heterocycles. The first-order valence-corrected chi connectivity index (χ1v) is 10.4. The van der Waals surface area contributed by atoms with Crippen molar-refractivity contribution in [1.29, 1.82) is 0 Å². The van der Waals surface area contributed by atoms with Gasteiger partial charge in [-0.1, -0.05) is 6.07 Å². The zero-order chi connectivity index (χ0) is 19.3. The molecule has 0 atom stereocenters. The van der Waals surface area contributed by atoms with Gasteiger partial charge >= 0.3 is 0 Å². The second-order valence-corrected chi connectivity index (χ2v) is 8.00. The van der Waals surface area contributed by atoms with Crippen LogP contribution in [-0.4, -0.2) is 15.9 Å². The molecule has 0 aliphatic carbocycles. The molecular weight excluding hydrogens is 390 g/mol. The van der Waals surface area contributed by atoms with Crippen LogP contribution in [0, 0.1) is 6.92 Å². The van der Waals surface area contributed by atoms with Gasteiger partial charge in [-0.2, -0.15) is 0 Å². The topological polar surface area (TPSA) is 64.1 Å². The van der Waals surface area contributed by atoms with Crippen molar-refractivity contribution in [2.24, 2.45) is 0 Å². The van der Waals surface area contributed by atoms with Crippen molar-refractivity contribution in [1.82, 2.24) is 9.97 Å². The second-order valence-electron chi connectivity index (χ2n) is 6.04. The molecule has 4 aromatic rings. The van der Waals surface area contributed by atoms with Crippen LogP contribution in [0.15, 0.2) is 65.5 Å². The summed E-state index contributed by atoms with van der Waals surface area (Å²) in [6.45, 7) is 2.34. The number of amides is 1. The summed E-state index contributed by atoms with van der Waals surface area (Å²) in [6, 6.07) is 14.8. The predicted octanol–water partition coefficient (Wildman–Crippen LogP) is 5.41. The molecule has 0 bridgehead atoms. The molecule has 0 fully saturated rings. The molecule has 2 aromatic carbocycles. The van der Waals surface area contributed by atoms with E-state index in [0.29, 0.717) is 17.9 Å². The maximum atomic E-state index is 12.6. The number of nitrogens with zero attached hydrogens (tertiary/aromatic N) is 2. The summed E-state index contributed by atoms with van der Waals surface area (Å²) >= 11 is 3.17. The van der Waals surface area contributed by atoms with Gasteiger partial charge in [0, 0.05) is 33.8 Å². The van der Waals surface area contributed by atoms with Crippen molar-refractivity contribution in [2.45, 2.75) is 13.5 Å². The standard InChI is InChI=1S/C21H17N3O2S2/c1-14-23-18(13-28-14)12-26-19-4-2-3-16(11-19)20(25)24-17-7-5-15(6-8-17)21-22-9-10-27-21/h2-11,13H,12H2,1H3,(H,24,25). The highest BCUT2D eigenvalue weighted by Crippen LogP contribution is 2.24. The minimum atomic E-state index is -0.183. The molecule has 2 aromatic heterocycles. The number of aromatic nitrogens is 2. The van der Waals surface area contributed by atoms with Crippen LogP contribution in [0.1, 0.15) is 21.1 Å². The second kappa shape index (κ2) is 8.33. The fourth-order valence-corrected chi connectivity index (χ4v) is 3.87. The lowest BCUT2D eigenvalue weighted by atomic mass is 10.1. The van der Waals surface area contributed by atoms with Crippen LogP contribution in [-0.2, 0) is 6.61 Å². The number of carbonyl (C=O) groups is 1. The van der Waals surface area contributed by atoms with E-state index < -0.39 is 0 Å². The number of benzene rings is 2. The van der Waals surface area contributed by atoms with Crippen molar-refractivity contribution in [3.05, 3.63) is 81.8 Å². The van der Waals surface area contributed by atoms with E-state index in [2.05, 4.69) is 15.3 Å². The Bertz CT molecular complexity index is 1070. The van der Waals surface area contributed by atoms with Crippen molar-refractivity contribution in [3.63, 3.8) is 0 Å². The Labute approximate surface area is 170 Å². The van der Waals surface area contributed by atoms with E-state index in [1.54, 1.807) is 41.0 Å². The summed E-state index contributed by atoms with van der Waals surface area (Å²) < 4.78 is 5.76. The van der Waals surface area contributed by atoms with E-state index >= 15 is 0 Å². The lowest BCUT2D eigenvalue weighted by molar-refractivity contribution is 0.102. The van der Waals surface area contributed by atoms with Crippen LogP contribution in [0.3, 0.4) is 0 Å². The molecule has 28 heavy (non-hydrogen) atoms. The fourth-order valence-electron chi connectivity index (χ4n) is 2.62. The van der Waals surface area contributed by atoms with Gasteiger partial charge in [0.1, 0.15) is 17.4 Å². The highest BCUT2D eigenvalue weighted by atomic mass is 32.1. The average molecular weight is 408 g/mol. The van der Waals surface area contributed by atoms with E-state index in [0.717, 1.165) is 27.0 Å². The number of hydrogen-bond donors (Lipinski definition) is 1. The van der Waals surface area contributed by atoms with Crippen LogP contribution in [0.2, 0.25) is 0 Å². The van der Waals surface area contributed by atoms with Gasteiger partial charge in [0.25, 0.3) is 5.91 Å². The molecule has 0 saturated carbocycles. The lowest BCUT2D eigenvalue weighted by Crippen LogP contribution is -2.12. The molecule has 4 rings (SSSR count). The Hall–Kier alpha value is -3.03. The SMILES string of the molecule is Cc1nc(COc2cccc(C(=O)Nc3ccc(-c4nccs4)cc3)c2)cs1. The molecule has 0 unspecified atom stereocenters. The van der Waals surface area contributed by atoms with Gasteiger partial charge in [-0.25, -0.2) is 9.97 Å². The normalized spacial score (nSPS) is 10.6. The predicted molar refractivity (Wildman–Crippen MR) is 113 cm³/mol. The number of nitrogens with one attached hydrogen (secondary N) is 1. The molecule has 5 nitrogen and oxygen atoms in total. The number of hydrogen-bond acceptors (Lipinski definition) is 6.